The van der Waals surface area contributed by atoms with Crippen LogP contribution >= 0.6 is 0 Å². The van der Waals surface area contributed by atoms with Crippen LogP contribution < -0.4 is 5.32 Å². The highest BCUT2D eigenvalue weighted by Gasteiger charge is 2.25. The lowest BCUT2D eigenvalue weighted by atomic mass is 9.86. The van der Waals surface area contributed by atoms with Crippen LogP contribution in [0.5, 0.6) is 0 Å². The fourth-order valence-electron chi connectivity index (χ4n) is 2.18. The van der Waals surface area contributed by atoms with E-state index in [1.165, 1.54) is 12.1 Å². The number of hydrogen-bond donors (Lipinski definition) is 1. The summed E-state index contributed by atoms with van der Waals surface area (Å²) in [6.07, 6.45) is 3.16. The number of nitrogens with zero attached hydrogens (tertiary/aromatic N) is 3. The van der Waals surface area contributed by atoms with E-state index < -0.39 is 0 Å². The van der Waals surface area contributed by atoms with Crippen molar-refractivity contribution in [3.63, 3.8) is 0 Å². The van der Waals surface area contributed by atoms with E-state index in [0.717, 1.165) is 25.6 Å². The molecule has 1 aliphatic heterocycles. The fourth-order valence-corrected chi connectivity index (χ4v) is 2.18. The summed E-state index contributed by atoms with van der Waals surface area (Å²) in [5.74, 6) is 1.32. The Balaban J connectivity index is 2.20. The molecule has 0 amide bonds. The van der Waals surface area contributed by atoms with E-state index in [4.69, 9.17) is 0 Å². The van der Waals surface area contributed by atoms with Gasteiger partial charge in [0.1, 0.15) is 0 Å². The first kappa shape index (κ1) is 9.65. The van der Waals surface area contributed by atoms with Crippen LogP contribution in [-0.4, -0.2) is 28.1 Å². The van der Waals surface area contributed by atoms with E-state index in [-0.39, 0.29) is 0 Å². The van der Waals surface area contributed by atoms with Crippen LogP contribution in [0.1, 0.15) is 31.9 Å². The van der Waals surface area contributed by atoms with Gasteiger partial charge in [-0.05, 0) is 25.8 Å². The van der Waals surface area contributed by atoms with Gasteiger partial charge >= 0.3 is 0 Å². The van der Waals surface area contributed by atoms with Gasteiger partial charge in [-0.15, -0.1) is 5.10 Å². The Labute approximate surface area is 84.7 Å². The number of nitrogens with one attached hydrogen (secondary N) is 1. The minimum atomic E-state index is 0.582. The second kappa shape index (κ2) is 4.09. The molecule has 0 aromatic carbocycles. The lowest BCUT2D eigenvalue weighted by Crippen LogP contribution is -2.34. The molecule has 2 unspecified atom stereocenters. The first-order chi connectivity index (χ1) is 6.83. The molecule has 1 aromatic rings. The van der Waals surface area contributed by atoms with Crippen molar-refractivity contribution in [1.29, 1.82) is 0 Å². The fraction of sp³-hybridized carbons (Fsp3) is 0.800. The second-order valence-corrected chi connectivity index (χ2v) is 4.05. The molecule has 1 aromatic heterocycles. The molecular formula is C10H18N4. The van der Waals surface area contributed by atoms with Gasteiger partial charge in [-0.3, -0.25) is 0 Å². The summed E-state index contributed by atoms with van der Waals surface area (Å²) in [5.41, 5.74) is 1.28. The third-order valence-electron chi connectivity index (χ3n) is 3.15. The zero-order valence-corrected chi connectivity index (χ0v) is 8.90. The lowest BCUT2D eigenvalue weighted by molar-refractivity contribution is 0.332. The number of piperidine rings is 1. The van der Waals surface area contributed by atoms with E-state index in [9.17, 15) is 0 Å². The van der Waals surface area contributed by atoms with Crippen LogP contribution in [0.4, 0.5) is 0 Å². The van der Waals surface area contributed by atoms with E-state index in [0.29, 0.717) is 5.92 Å². The predicted molar refractivity (Wildman–Crippen MR) is 55.1 cm³/mol. The zero-order chi connectivity index (χ0) is 9.97. The zero-order valence-electron chi connectivity index (χ0n) is 8.90. The van der Waals surface area contributed by atoms with Crippen LogP contribution in [-0.2, 0) is 6.54 Å². The molecular weight excluding hydrogens is 176 g/mol. The summed E-state index contributed by atoms with van der Waals surface area (Å²) in [6.45, 7) is 7.55. The topological polar surface area (TPSA) is 42.7 Å². The summed E-state index contributed by atoms with van der Waals surface area (Å²) in [6, 6.07) is 0. The lowest BCUT2D eigenvalue weighted by Gasteiger charge is -2.29. The van der Waals surface area contributed by atoms with Crippen LogP contribution in [0.25, 0.3) is 0 Å². The third kappa shape index (κ3) is 1.66. The minimum Gasteiger partial charge on any atom is -0.316 e. The molecule has 1 fully saturated rings. The van der Waals surface area contributed by atoms with Crippen molar-refractivity contribution in [2.24, 2.45) is 5.92 Å². The van der Waals surface area contributed by atoms with Gasteiger partial charge in [0.15, 0.2) is 0 Å². The van der Waals surface area contributed by atoms with Gasteiger partial charge in [0.2, 0.25) is 0 Å². The largest absolute Gasteiger partial charge is 0.316 e. The first-order valence-electron chi connectivity index (χ1n) is 5.42. The van der Waals surface area contributed by atoms with Gasteiger partial charge in [0.05, 0.1) is 11.9 Å². The average Bonchev–Trinajstić information content (AvgIpc) is 2.66. The van der Waals surface area contributed by atoms with Gasteiger partial charge in [-0.1, -0.05) is 12.1 Å². The van der Waals surface area contributed by atoms with Crippen molar-refractivity contribution in [3.05, 3.63) is 11.9 Å². The summed E-state index contributed by atoms with van der Waals surface area (Å²) < 4.78 is 2.01. The van der Waals surface area contributed by atoms with Crippen molar-refractivity contribution in [3.8, 4) is 0 Å². The van der Waals surface area contributed by atoms with Crippen molar-refractivity contribution in [1.82, 2.24) is 20.3 Å². The summed E-state index contributed by atoms with van der Waals surface area (Å²) in [5, 5.41) is 11.5. The van der Waals surface area contributed by atoms with Crippen LogP contribution in [0, 0.1) is 5.92 Å². The van der Waals surface area contributed by atoms with Gasteiger partial charge in [-0.25, -0.2) is 4.68 Å². The highest BCUT2D eigenvalue weighted by molar-refractivity contribution is 5.07. The average molecular weight is 194 g/mol. The Kier molecular flexibility index (Phi) is 2.82. The number of hydrogen-bond acceptors (Lipinski definition) is 3. The monoisotopic (exact) mass is 194 g/mol. The molecule has 4 nitrogen and oxygen atoms in total. The van der Waals surface area contributed by atoms with Gasteiger partial charge in [-0.2, -0.15) is 0 Å². The first-order valence-corrected chi connectivity index (χ1v) is 5.42. The van der Waals surface area contributed by atoms with Crippen molar-refractivity contribution < 1.29 is 0 Å². The molecule has 14 heavy (non-hydrogen) atoms. The molecule has 1 aliphatic rings. The Morgan fingerprint density at radius 3 is 3.21 bits per heavy atom. The number of aromatic nitrogens is 3. The SMILES string of the molecule is CCn1nncc1C1CNCCC1C. The Morgan fingerprint density at radius 2 is 2.50 bits per heavy atom. The standard InChI is InChI=1S/C10H18N4/c1-3-14-10(7-12-13-14)9-6-11-5-4-8(9)2/h7-9,11H,3-6H2,1-2H3. The minimum absolute atomic E-state index is 0.582. The maximum absolute atomic E-state index is 4.08. The predicted octanol–water partition coefficient (Wildman–Crippen LogP) is 1.01. The van der Waals surface area contributed by atoms with E-state index in [1.807, 2.05) is 10.9 Å². The Morgan fingerprint density at radius 1 is 1.64 bits per heavy atom. The molecule has 0 radical (unpaired) electrons. The van der Waals surface area contributed by atoms with Crippen LogP contribution in [0.3, 0.4) is 0 Å². The quantitative estimate of drug-likeness (QED) is 0.764. The Hall–Kier alpha value is -0.900. The van der Waals surface area contributed by atoms with Gasteiger partial charge < -0.3 is 5.32 Å². The van der Waals surface area contributed by atoms with E-state index >= 15 is 0 Å². The molecule has 2 rings (SSSR count). The Bertz CT molecular complexity index is 294. The van der Waals surface area contributed by atoms with Gasteiger partial charge in [0, 0.05) is 19.0 Å². The second-order valence-electron chi connectivity index (χ2n) is 4.05. The molecule has 78 valence electrons. The summed E-state index contributed by atoms with van der Waals surface area (Å²) in [7, 11) is 0. The number of rotatable bonds is 2. The molecule has 1 N–H and O–H groups in total. The van der Waals surface area contributed by atoms with Gasteiger partial charge in [0.25, 0.3) is 0 Å². The summed E-state index contributed by atoms with van der Waals surface area (Å²) >= 11 is 0. The third-order valence-corrected chi connectivity index (χ3v) is 3.15. The molecule has 0 aliphatic carbocycles. The molecule has 0 saturated carbocycles. The van der Waals surface area contributed by atoms with Crippen molar-refractivity contribution in [2.45, 2.75) is 32.7 Å². The smallest absolute Gasteiger partial charge is 0.0728 e. The van der Waals surface area contributed by atoms with Crippen molar-refractivity contribution in [2.75, 3.05) is 13.1 Å². The van der Waals surface area contributed by atoms with E-state index in [2.05, 4.69) is 29.5 Å². The molecule has 0 spiro atoms. The highest BCUT2D eigenvalue weighted by atomic mass is 15.4. The van der Waals surface area contributed by atoms with Crippen molar-refractivity contribution >= 4 is 0 Å². The maximum Gasteiger partial charge on any atom is 0.0728 e. The highest BCUT2D eigenvalue weighted by Crippen LogP contribution is 2.27. The molecule has 2 heterocycles. The molecule has 0 bridgehead atoms. The summed E-state index contributed by atoms with van der Waals surface area (Å²) in [4.78, 5) is 0. The van der Waals surface area contributed by atoms with Crippen LogP contribution in [0.15, 0.2) is 6.20 Å². The molecule has 2 atom stereocenters. The van der Waals surface area contributed by atoms with E-state index in [1.54, 1.807) is 0 Å². The molecule has 4 heteroatoms. The molecule has 1 saturated heterocycles. The number of aryl methyl sites for hydroxylation is 1. The normalized spacial score (nSPS) is 27.9. The maximum atomic E-state index is 4.08. The van der Waals surface area contributed by atoms with Crippen LogP contribution in [0.2, 0.25) is 0 Å².